The van der Waals surface area contributed by atoms with Crippen LogP contribution < -0.4 is 0 Å². The molecule has 2 nitrogen and oxygen atoms in total. The SMILES string of the molecule is Cc1cc2c(cc1F)nc(CCl)n2CCCC(F)(F)F. The van der Waals surface area contributed by atoms with Crippen LogP contribution in [0, 0.1) is 12.7 Å². The summed E-state index contributed by atoms with van der Waals surface area (Å²) in [6, 6.07) is 2.86. The molecular weight excluding hydrogens is 296 g/mol. The minimum atomic E-state index is -4.18. The van der Waals surface area contributed by atoms with E-state index < -0.39 is 18.4 Å². The predicted octanol–water partition coefficient (Wildman–Crippen LogP) is 4.57. The minimum Gasteiger partial charge on any atom is -0.327 e. The zero-order chi connectivity index (χ0) is 14.9. The molecule has 2 aromatic rings. The lowest BCUT2D eigenvalue weighted by atomic mass is 10.2. The largest absolute Gasteiger partial charge is 0.389 e. The fraction of sp³-hybridized carbons (Fsp3) is 0.462. The minimum absolute atomic E-state index is 0.0602. The topological polar surface area (TPSA) is 17.8 Å². The molecule has 7 heteroatoms. The van der Waals surface area contributed by atoms with Gasteiger partial charge >= 0.3 is 6.18 Å². The van der Waals surface area contributed by atoms with Gasteiger partial charge in [0.1, 0.15) is 11.6 Å². The zero-order valence-corrected chi connectivity index (χ0v) is 11.5. The van der Waals surface area contributed by atoms with E-state index in [0.29, 0.717) is 22.4 Å². The van der Waals surface area contributed by atoms with Gasteiger partial charge in [0, 0.05) is 19.0 Å². The van der Waals surface area contributed by atoms with Crippen LogP contribution in [0.15, 0.2) is 12.1 Å². The van der Waals surface area contributed by atoms with Crippen LogP contribution in [-0.2, 0) is 12.4 Å². The van der Waals surface area contributed by atoms with Crippen molar-refractivity contribution >= 4 is 22.6 Å². The van der Waals surface area contributed by atoms with Crippen LogP contribution in [0.5, 0.6) is 0 Å². The Morgan fingerprint density at radius 3 is 2.60 bits per heavy atom. The Morgan fingerprint density at radius 1 is 1.30 bits per heavy atom. The van der Waals surface area contributed by atoms with E-state index in [1.807, 2.05) is 0 Å². The highest BCUT2D eigenvalue weighted by Gasteiger charge is 2.26. The Kier molecular flexibility index (Phi) is 4.22. The molecule has 0 aliphatic carbocycles. The Hall–Kier alpha value is -1.30. The molecule has 0 atom stereocenters. The van der Waals surface area contributed by atoms with Gasteiger partial charge in [0.15, 0.2) is 0 Å². The van der Waals surface area contributed by atoms with Crippen molar-refractivity contribution in [2.45, 2.75) is 38.4 Å². The van der Waals surface area contributed by atoms with Gasteiger partial charge in [-0.15, -0.1) is 11.6 Å². The van der Waals surface area contributed by atoms with Crippen molar-refractivity contribution in [3.05, 3.63) is 29.3 Å². The molecule has 0 N–H and O–H groups in total. The molecule has 2 rings (SSSR count). The summed E-state index contributed by atoms with van der Waals surface area (Å²) in [4.78, 5) is 4.16. The maximum absolute atomic E-state index is 13.5. The van der Waals surface area contributed by atoms with Crippen molar-refractivity contribution in [3.63, 3.8) is 0 Å². The number of aromatic nitrogens is 2. The first-order valence-corrected chi connectivity index (χ1v) is 6.63. The van der Waals surface area contributed by atoms with Gasteiger partial charge < -0.3 is 4.57 Å². The first-order chi connectivity index (χ1) is 9.31. The number of rotatable bonds is 4. The number of imidazole rings is 1. The van der Waals surface area contributed by atoms with Gasteiger partial charge in [0.25, 0.3) is 0 Å². The summed E-state index contributed by atoms with van der Waals surface area (Å²) in [6.07, 6.45) is -5.11. The number of benzene rings is 1. The highest BCUT2D eigenvalue weighted by Crippen LogP contribution is 2.25. The molecule has 0 bridgehead atoms. The van der Waals surface area contributed by atoms with Gasteiger partial charge in [-0.05, 0) is 25.0 Å². The van der Waals surface area contributed by atoms with Gasteiger partial charge in [-0.2, -0.15) is 13.2 Å². The van der Waals surface area contributed by atoms with Crippen molar-refractivity contribution < 1.29 is 17.6 Å². The van der Waals surface area contributed by atoms with E-state index >= 15 is 0 Å². The molecule has 0 saturated heterocycles. The fourth-order valence-electron chi connectivity index (χ4n) is 2.09. The van der Waals surface area contributed by atoms with Crippen molar-refractivity contribution in [3.8, 4) is 0 Å². The fourth-order valence-corrected chi connectivity index (χ4v) is 2.29. The Bertz CT molecular complexity index is 619. The second-order valence-electron chi connectivity index (χ2n) is 4.62. The van der Waals surface area contributed by atoms with Crippen LogP contribution in [-0.4, -0.2) is 15.7 Å². The van der Waals surface area contributed by atoms with Crippen LogP contribution in [0.1, 0.15) is 24.2 Å². The molecule has 0 saturated carbocycles. The molecule has 0 spiro atoms. The standard InChI is InChI=1S/C13H13ClF4N2/c1-8-5-11-10(6-9(8)15)19-12(7-14)20(11)4-2-3-13(16,17)18/h5-6H,2-4,7H2,1H3. The maximum Gasteiger partial charge on any atom is 0.389 e. The first-order valence-electron chi connectivity index (χ1n) is 6.10. The average Bonchev–Trinajstić information content (AvgIpc) is 2.66. The number of alkyl halides is 4. The highest BCUT2D eigenvalue weighted by atomic mass is 35.5. The van der Waals surface area contributed by atoms with E-state index in [1.165, 1.54) is 6.07 Å². The molecule has 20 heavy (non-hydrogen) atoms. The molecule has 110 valence electrons. The molecule has 0 fully saturated rings. The number of hydrogen-bond acceptors (Lipinski definition) is 1. The van der Waals surface area contributed by atoms with Gasteiger partial charge in [-0.1, -0.05) is 0 Å². The van der Waals surface area contributed by atoms with Gasteiger partial charge in [0.2, 0.25) is 0 Å². The maximum atomic E-state index is 13.5. The van der Waals surface area contributed by atoms with Crippen molar-refractivity contribution in [2.24, 2.45) is 0 Å². The monoisotopic (exact) mass is 308 g/mol. The molecule has 1 aromatic carbocycles. The van der Waals surface area contributed by atoms with E-state index in [1.54, 1.807) is 17.6 Å². The molecule has 0 radical (unpaired) electrons. The molecule has 0 amide bonds. The summed E-state index contributed by atoms with van der Waals surface area (Å²) in [7, 11) is 0. The van der Waals surface area contributed by atoms with Crippen molar-refractivity contribution in [2.75, 3.05) is 0 Å². The lowest BCUT2D eigenvalue weighted by Gasteiger charge is -2.10. The van der Waals surface area contributed by atoms with Crippen LogP contribution in [0.2, 0.25) is 0 Å². The third-order valence-corrected chi connectivity index (χ3v) is 3.31. The zero-order valence-electron chi connectivity index (χ0n) is 10.8. The molecule has 0 aliphatic heterocycles. The normalized spacial score (nSPS) is 12.3. The average molecular weight is 309 g/mol. The van der Waals surface area contributed by atoms with Crippen LogP contribution in [0.3, 0.4) is 0 Å². The first kappa shape index (κ1) is 15.1. The van der Waals surface area contributed by atoms with Gasteiger partial charge in [-0.25, -0.2) is 9.37 Å². The molecule has 1 aromatic heterocycles. The summed E-state index contributed by atoms with van der Waals surface area (Å²) >= 11 is 5.75. The van der Waals surface area contributed by atoms with E-state index in [2.05, 4.69) is 4.98 Å². The summed E-state index contributed by atoms with van der Waals surface area (Å²) in [5, 5.41) is 0. The molecule has 0 unspecified atom stereocenters. The quantitative estimate of drug-likeness (QED) is 0.598. The van der Waals surface area contributed by atoms with Crippen LogP contribution in [0.4, 0.5) is 17.6 Å². The third kappa shape index (κ3) is 3.23. The lowest BCUT2D eigenvalue weighted by Crippen LogP contribution is -2.10. The second-order valence-corrected chi connectivity index (χ2v) is 4.89. The third-order valence-electron chi connectivity index (χ3n) is 3.07. The predicted molar refractivity (Wildman–Crippen MR) is 69.3 cm³/mol. The van der Waals surface area contributed by atoms with Crippen LogP contribution in [0.25, 0.3) is 11.0 Å². The van der Waals surface area contributed by atoms with E-state index in [0.717, 1.165) is 0 Å². The second kappa shape index (κ2) is 5.60. The van der Waals surface area contributed by atoms with E-state index in [4.69, 9.17) is 11.6 Å². The van der Waals surface area contributed by atoms with Crippen molar-refractivity contribution in [1.82, 2.24) is 9.55 Å². The van der Waals surface area contributed by atoms with E-state index in [-0.39, 0.29) is 18.8 Å². The summed E-state index contributed by atoms with van der Waals surface area (Å²) < 4.78 is 51.7. The lowest BCUT2D eigenvalue weighted by molar-refractivity contribution is -0.135. The number of aryl methyl sites for hydroxylation is 2. The van der Waals surface area contributed by atoms with Gasteiger partial charge in [0.05, 0.1) is 16.9 Å². The number of fused-ring (bicyclic) bond motifs is 1. The number of nitrogens with zero attached hydrogens (tertiary/aromatic N) is 2. The van der Waals surface area contributed by atoms with Crippen molar-refractivity contribution in [1.29, 1.82) is 0 Å². The summed E-state index contributed by atoms with van der Waals surface area (Å²) in [5.41, 5.74) is 1.45. The highest BCUT2D eigenvalue weighted by molar-refractivity contribution is 6.16. The summed E-state index contributed by atoms with van der Waals surface area (Å²) in [5.74, 6) is 0.133. The molecule has 1 heterocycles. The molecule has 0 aliphatic rings. The Morgan fingerprint density at radius 2 is 2.00 bits per heavy atom. The smallest absolute Gasteiger partial charge is 0.327 e. The summed E-state index contributed by atoms with van der Waals surface area (Å²) in [6.45, 7) is 1.76. The number of hydrogen-bond donors (Lipinski definition) is 0. The Labute approximate surface area is 118 Å². The van der Waals surface area contributed by atoms with E-state index in [9.17, 15) is 17.6 Å². The van der Waals surface area contributed by atoms with Crippen LogP contribution >= 0.6 is 11.6 Å². The Balaban J connectivity index is 2.33. The molecular formula is C13H13ClF4N2. The van der Waals surface area contributed by atoms with Gasteiger partial charge in [-0.3, -0.25) is 0 Å². The number of halogens is 5.